The number of pyridine rings is 2. The molecule has 10 nitrogen and oxygen atoms in total. The molecule has 3 heterocycles. The van der Waals surface area contributed by atoms with Gasteiger partial charge in [0.1, 0.15) is 17.4 Å². The van der Waals surface area contributed by atoms with Crippen molar-refractivity contribution >= 4 is 28.7 Å². The van der Waals surface area contributed by atoms with Gasteiger partial charge in [-0.15, -0.1) is 0 Å². The van der Waals surface area contributed by atoms with Crippen LogP contribution < -0.4 is 27.8 Å². The van der Waals surface area contributed by atoms with Gasteiger partial charge in [-0.3, -0.25) is 19.4 Å². The van der Waals surface area contributed by atoms with Gasteiger partial charge in [0.05, 0.1) is 35.0 Å². The van der Waals surface area contributed by atoms with Crippen LogP contribution >= 0.6 is 11.6 Å². The van der Waals surface area contributed by atoms with Crippen molar-refractivity contribution < 1.29 is 8.78 Å². The Morgan fingerprint density at radius 2 is 1.89 bits per heavy atom. The number of anilines is 3. The summed E-state index contributed by atoms with van der Waals surface area (Å²) in [6, 6.07) is 7.64. The zero-order chi connectivity index (χ0) is 26.1. The molecular weight excluding hydrogens is 494 g/mol. The predicted octanol–water partition coefficient (Wildman–Crippen LogP) is 2.81. The first kappa shape index (κ1) is 24.5. The van der Waals surface area contributed by atoms with Crippen molar-refractivity contribution in [3.63, 3.8) is 0 Å². The Balaban J connectivity index is 2.18. The third kappa shape index (κ3) is 4.28. The van der Waals surface area contributed by atoms with Gasteiger partial charge >= 0.3 is 5.69 Å². The first-order valence-electron chi connectivity index (χ1n) is 10.2. The smallest absolute Gasteiger partial charge is 0.337 e. The number of aromatic nitrogens is 4. The zero-order valence-corrected chi connectivity index (χ0v) is 19.4. The molecule has 0 saturated carbocycles. The Hall–Kier alpha value is -4.60. The third-order valence-electron chi connectivity index (χ3n) is 5.24. The molecule has 0 amide bonds. The maximum atomic E-state index is 14.1. The maximum Gasteiger partial charge on any atom is 0.337 e. The van der Waals surface area contributed by atoms with E-state index in [1.807, 2.05) is 6.07 Å². The fourth-order valence-corrected chi connectivity index (χ4v) is 3.86. The van der Waals surface area contributed by atoms with E-state index in [9.17, 15) is 23.6 Å². The minimum atomic E-state index is -1.27. The number of nitrogens with zero attached hydrogens (tertiary/aromatic N) is 6. The number of aryl methyl sites for hydroxylation is 1. The summed E-state index contributed by atoms with van der Waals surface area (Å²) in [6.07, 6.45) is 4.13. The lowest BCUT2D eigenvalue weighted by Gasteiger charge is -2.25. The average Bonchev–Trinajstić information content (AvgIpc) is 2.82. The maximum absolute atomic E-state index is 14.1. The molecule has 4 rings (SSSR count). The van der Waals surface area contributed by atoms with E-state index in [4.69, 9.17) is 23.2 Å². The van der Waals surface area contributed by atoms with Gasteiger partial charge < -0.3 is 5.73 Å². The van der Waals surface area contributed by atoms with Crippen molar-refractivity contribution in [3.05, 3.63) is 92.1 Å². The third-order valence-corrected chi connectivity index (χ3v) is 5.45. The Bertz CT molecular complexity index is 1660. The number of benzene rings is 1. The quantitative estimate of drug-likeness (QED) is 0.180. The summed E-state index contributed by atoms with van der Waals surface area (Å²) < 4.78 is 29.7. The summed E-state index contributed by atoms with van der Waals surface area (Å²) >= 11 is 6.05. The highest BCUT2D eigenvalue weighted by Gasteiger charge is 2.27. The van der Waals surface area contributed by atoms with Gasteiger partial charge in [-0.2, -0.15) is 5.26 Å². The standard InChI is InChI=1S/C23H17ClF2N8O2/c1-12-6-14(11-30-10-12)33-22(35)21(34(29)18-9-16(26)15(25)8-17(18)28)20(32(5-3-27)23(33)36)13-2-4-31-19(24)7-13/h2,4,6-11H,5,28-29H2,1H3. The summed E-state index contributed by atoms with van der Waals surface area (Å²) in [7, 11) is 0. The fourth-order valence-electron chi connectivity index (χ4n) is 3.68. The van der Waals surface area contributed by atoms with E-state index in [0.717, 1.165) is 14.1 Å². The van der Waals surface area contributed by atoms with Crippen LogP contribution in [0.3, 0.4) is 0 Å². The van der Waals surface area contributed by atoms with Crippen molar-refractivity contribution in [2.75, 3.05) is 10.7 Å². The molecule has 13 heteroatoms. The first-order chi connectivity index (χ1) is 17.1. The molecule has 0 radical (unpaired) electrons. The second-order valence-electron chi connectivity index (χ2n) is 7.65. The van der Waals surface area contributed by atoms with Gasteiger partial charge in [0, 0.05) is 30.1 Å². The molecule has 4 aromatic rings. The van der Waals surface area contributed by atoms with Gasteiger partial charge in [-0.05, 0) is 30.7 Å². The molecule has 4 N–H and O–H groups in total. The van der Waals surface area contributed by atoms with Crippen LogP contribution in [0.4, 0.5) is 25.8 Å². The highest BCUT2D eigenvalue weighted by atomic mass is 35.5. The number of hydrogen-bond donors (Lipinski definition) is 2. The molecule has 0 aliphatic carbocycles. The molecule has 0 atom stereocenters. The largest absolute Gasteiger partial charge is 0.397 e. The fraction of sp³-hybridized carbons (Fsp3) is 0.0870. The van der Waals surface area contributed by atoms with E-state index in [0.29, 0.717) is 17.7 Å². The first-order valence-corrected chi connectivity index (χ1v) is 10.6. The lowest BCUT2D eigenvalue weighted by molar-refractivity contribution is 0.509. The molecule has 0 unspecified atom stereocenters. The highest BCUT2D eigenvalue weighted by Crippen LogP contribution is 2.34. The lowest BCUT2D eigenvalue weighted by atomic mass is 10.1. The van der Waals surface area contributed by atoms with E-state index < -0.39 is 29.4 Å². The zero-order valence-electron chi connectivity index (χ0n) is 18.6. The minimum absolute atomic E-state index is 0.0254. The number of halogens is 3. The lowest BCUT2D eigenvalue weighted by Crippen LogP contribution is -2.44. The van der Waals surface area contributed by atoms with Crippen LogP contribution in [0, 0.1) is 29.9 Å². The van der Waals surface area contributed by atoms with E-state index in [-0.39, 0.29) is 39.2 Å². The Labute approximate surface area is 207 Å². The molecule has 0 spiro atoms. The molecule has 0 fully saturated rings. The summed E-state index contributed by atoms with van der Waals surface area (Å²) in [4.78, 5) is 35.3. The second kappa shape index (κ2) is 9.57. The Morgan fingerprint density at radius 1 is 1.17 bits per heavy atom. The number of hydrazine groups is 1. The molecule has 1 aromatic carbocycles. The van der Waals surface area contributed by atoms with Crippen molar-refractivity contribution in [2.24, 2.45) is 5.84 Å². The van der Waals surface area contributed by atoms with E-state index in [1.165, 1.54) is 36.8 Å². The SMILES string of the molecule is Cc1cncc(-n2c(=O)c(N(N)c3cc(F)c(F)cc3N)c(-c3ccnc(Cl)c3)n(CC#N)c2=O)c1. The van der Waals surface area contributed by atoms with Crippen LogP contribution in [-0.2, 0) is 6.54 Å². The van der Waals surface area contributed by atoms with Crippen LogP contribution in [0.2, 0.25) is 5.15 Å². The molecule has 0 saturated heterocycles. The molecule has 3 aromatic heterocycles. The van der Waals surface area contributed by atoms with Gasteiger partial charge in [-0.1, -0.05) is 11.6 Å². The topological polar surface area (TPSA) is 149 Å². The molecule has 0 bridgehead atoms. The minimum Gasteiger partial charge on any atom is -0.397 e. The normalized spacial score (nSPS) is 10.8. The highest BCUT2D eigenvalue weighted by molar-refractivity contribution is 6.29. The molecular formula is C23H17ClF2N8O2. The average molecular weight is 511 g/mol. The van der Waals surface area contributed by atoms with Crippen LogP contribution in [-0.4, -0.2) is 19.1 Å². The molecule has 0 aliphatic heterocycles. The van der Waals surface area contributed by atoms with Crippen LogP contribution in [0.5, 0.6) is 0 Å². The van der Waals surface area contributed by atoms with Crippen LogP contribution in [0.1, 0.15) is 5.56 Å². The van der Waals surface area contributed by atoms with Gasteiger partial charge in [0.25, 0.3) is 5.56 Å². The number of nitrogen functional groups attached to an aromatic ring is 1. The number of hydrogen-bond acceptors (Lipinski definition) is 8. The number of nitrogens with two attached hydrogens (primary N) is 2. The van der Waals surface area contributed by atoms with E-state index >= 15 is 0 Å². The summed E-state index contributed by atoms with van der Waals surface area (Å²) in [5, 5.41) is 10.3. The van der Waals surface area contributed by atoms with Crippen molar-refractivity contribution in [1.29, 1.82) is 5.26 Å². The van der Waals surface area contributed by atoms with Crippen molar-refractivity contribution in [3.8, 4) is 23.0 Å². The second-order valence-corrected chi connectivity index (χ2v) is 8.03. The van der Waals surface area contributed by atoms with Crippen molar-refractivity contribution in [1.82, 2.24) is 19.1 Å². The van der Waals surface area contributed by atoms with Gasteiger partial charge in [0.15, 0.2) is 11.6 Å². The number of rotatable bonds is 5. The molecule has 36 heavy (non-hydrogen) atoms. The van der Waals surface area contributed by atoms with E-state index in [2.05, 4.69) is 9.97 Å². The van der Waals surface area contributed by atoms with E-state index in [1.54, 1.807) is 6.92 Å². The van der Waals surface area contributed by atoms with Crippen LogP contribution in [0.15, 0.2) is 58.5 Å². The Morgan fingerprint density at radius 3 is 2.56 bits per heavy atom. The summed E-state index contributed by atoms with van der Waals surface area (Å²) in [6.45, 7) is 1.21. The summed E-state index contributed by atoms with van der Waals surface area (Å²) in [5.41, 5.74) is 4.02. The molecule has 182 valence electrons. The summed E-state index contributed by atoms with van der Waals surface area (Å²) in [5.74, 6) is 3.81. The number of nitriles is 1. The monoisotopic (exact) mass is 510 g/mol. The van der Waals surface area contributed by atoms with Crippen LogP contribution in [0.25, 0.3) is 16.9 Å². The van der Waals surface area contributed by atoms with Gasteiger partial charge in [-0.25, -0.2) is 29.0 Å². The molecule has 0 aliphatic rings. The Kier molecular flexibility index (Phi) is 6.52. The van der Waals surface area contributed by atoms with Gasteiger partial charge in [0.2, 0.25) is 0 Å². The van der Waals surface area contributed by atoms with Crippen molar-refractivity contribution in [2.45, 2.75) is 13.5 Å². The predicted molar refractivity (Wildman–Crippen MR) is 130 cm³/mol.